The molecule has 7 rings (SSSR count). The summed E-state index contributed by atoms with van der Waals surface area (Å²) in [6.45, 7) is 23.3. The van der Waals surface area contributed by atoms with Gasteiger partial charge in [0.2, 0.25) is 0 Å². The molecule has 0 fully saturated rings. The van der Waals surface area contributed by atoms with Crippen molar-refractivity contribution in [2.24, 2.45) is 16.2 Å². The van der Waals surface area contributed by atoms with Crippen molar-refractivity contribution in [3.05, 3.63) is 107 Å². The monoisotopic (exact) mass is 898 g/mol. The largest absolute Gasteiger partial charge is 0.512 e. The predicted molar refractivity (Wildman–Crippen MR) is 226 cm³/mol. The minimum atomic E-state index is -0.337. The van der Waals surface area contributed by atoms with E-state index in [1.165, 1.54) is 60.7 Å². The van der Waals surface area contributed by atoms with E-state index in [9.17, 15) is 9.90 Å². The fraction of sp³-hybridized carbons (Fsp3) is 0.388. The van der Waals surface area contributed by atoms with E-state index in [1.807, 2.05) is 41.5 Å². The van der Waals surface area contributed by atoms with Crippen molar-refractivity contribution in [1.29, 1.82) is 0 Å². The number of fused-ring (bicyclic) bond motifs is 5. The van der Waals surface area contributed by atoms with E-state index >= 15 is 0 Å². The topological polar surface area (TPSA) is 54.6 Å². The number of allylic oxidation sites excluding steroid dienone is 2. The molecular formula is C49H57IrN2O2-. The molecule has 5 heteroatoms. The Hall–Kier alpha value is -4.05. The van der Waals surface area contributed by atoms with Crippen LogP contribution in [0.5, 0.6) is 0 Å². The Kier molecular flexibility index (Phi) is 11.9. The van der Waals surface area contributed by atoms with Crippen LogP contribution >= 0.6 is 0 Å². The summed E-state index contributed by atoms with van der Waals surface area (Å²) in [7, 11) is 0. The summed E-state index contributed by atoms with van der Waals surface area (Å²) in [6.07, 6.45) is 5.81. The number of aliphatic hydroxyl groups excluding tert-OH is 1. The molecule has 1 radical (unpaired) electrons. The van der Waals surface area contributed by atoms with Crippen LogP contribution in [0.2, 0.25) is 0 Å². The number of carbonyl (C=O) groups excluding carboxylic acids is 1. The average molecular weight is 898 g/mol. The van der Waals surface area contributed by atoms with Gasteiger partial charge < -0.3 is 9.51 Å². The second-order valence-corrected chi connectivity index (χ2v) is 17.0. The van der Waals surface area contributed by atoms with E-state index in [0.29, 0.717) is 0 Å². The first-order chi connectivity index (χ1) is 25.1. The number of pyridine rings is 2. The molecule has 0 atom stereocenters. The Morgan fingerprint density at radius 1 is 0.759 bits per heavy atom. The summed E-state index contributed by atoms with van der Waals surface area (Å²) in [5.41, 5.74) is 10.2. The van der Waals surface area contributed by atoms with Crippen LogP contribution in [0.15, 0.2) is 84.6 Å². The molecule has 1 N–H and O–H groups in total. The van der Waals surface area contributed by atoms with Crippen molar-refractivity contribution in [3.63, 3.8) is 0 Å². The number of aryl methyl sites for hydroxylation is 2. The Morgan fingerprint density at radius 2 is 1.37 bits per heavy atom. The summed E-state index contributed by atoms with van der Waals surface area (Å²) in [6, 6.07) is 30.5. The number of benzene rings is 4. The number of hydrogen-bond donors (Lipinski definition) is 1. The molecule has 4 nitrogen and oxygen atoms in total. The van der Waals surface area contributed by atoms with Gasteiger partial charge in [-0.15, -0.1) is 34.9 Å². The summed E-state index contributed by atoms with van der Waals surface area (Å²) in [5.74, 6) is 0.286. The average Bonchev–Trinajstić information content (AvgIpc) is 3.46. The molecule has 0 aliphatic rings. The maximum Gasteiger partial charge on any atom is 0.164 e. The van der Waals surface area contributed by atoms with Crippen molar-refractivity contribution in [3.8, 4) is 11.3 Å². The SMILES string of the molecule is CCC(C)(CC)C(=O)/C=C(\O)C(C)(CC)CC.Cc1[c-]c(-c2cc3c4c(cccc4c4cccc5c6cc(CC(C)(C)C)ccc6n3c45)n2)cc(C)c1.[Ir]. The van der Waals surface area contributed by atoms with Gasteiger partial charge in [0.25, 0.3) is 0 Å². The number of hydrogen-bond acceptors (Lipinski definition) is 3. The molecule has 0 unspecified atom stereocenters. The zero-order valence-corrected chi connectivity index (χ0v) is 36.5. The maximum absolute atomic E-state index is 12.2. The van der Waals surface area contributed by atoms with Gasteiger partial charge in [-0.1, -0.05) is 119 Å². The van der Waals surface area contributed by atoms with Crippen molar-refractivity contribution in [2.45, 2.75) is 108 Å². The summed E-state index contributed by atoms with van der Waals surface area (Å²) >= 11 is 0. The van der Waals surface area contributed by atoms with Gasteiger partial charge in [0.15, 0.2) is 5.78 Å². The van der Waals surface area contributed by atoms with Crippen molar-refractivity contribution in [1.82, 2.24) is 9.38 Å². The standard InChI is InChI=1S/C34H29N2.C15H28O2.Ir/c1-20-14-21(2)16-23(15-20)29-18-31-32-24(8-7-11-28(32)35-29)25-9-6-10-26-27-17-22(19-34(3,4)5)12-13-30(27)36(31)33(25)26;1-7-14(5,8-2)12(16)11-13(17)15(6,9-3)10-4;/h6-15,17-18H,19H2,1-5H3;11,16H,7-10H2,1-6H3;/q-1;;/b;12-11-;. The normalized spacial score (nSPS) is 12.8. The van der Waals surface area contributed by atoms with Gasteiger partial charge in [0.05, 0.1) is 16.6 Å². The summed E-state index contributed by atoms with van der Waals surface area (Å²) in [4.78, 5) is 17.3. The first-order valence-electron chi connectivity index (χ1n) is 19.5. The molecule has 0 amide bonds. The number of para-hydroxylation sites is 1. The van der Waals surface area contributed by atoms with E-state index in [0.717, 1.165) is 54.4 Å². The molecule has 0 aliphatic heterocycles. The van der Waals surface area contributed by atoms with Gasteiger partial charge in [0, 0.05) is 64.1 Å². The smallest absolute Gasteiger partial charge is 0.164 e. The summed E-state index contributed by atoms with van der Waals surface area (Å²) < 4.78 is 2.48. The quantitative estimate of drug-likeness (QED) is 0.0516. The van der Waals surface area contributed by atoms with Crippen LogP contribution in [0.25, 0.3) is 60.3 Å². The second kappa shape index (κ2) is 15.6. The molecular weight excluding hydrogens is 841 g/mol. The molecule has 3 aromatic heterocycles. The van der Waals surface area contributed by atoms with E-state index < -0.39 is 0 Å². The van der Waals surface area contributed by atoms with E-state index in [-0.39, 0.29) is 47.9 Å². The van der Waals surface area contributed by atoms with Crippen molar-refractivity contribution in [2.75, 3.05) is 0 Å². The third-order valence-corrected chi connectivity index (χ3v) is 12.0. The fourth-order valence-corrected chi connectivity index (χ4v) is 7.83. The number of aromatic nitrogens is 2. The Balaban J connectivity index is 0.000000267. The molecule has 4 aromatic carbocycles. The Bertz CT molecular complexity index is 2470. The third kappa shape index (κ3) is 7.60. The van der Waals surface area contributed by atoms with Crippen LogP contribution < -0.4 is 0 Å². The minimum Gasteiger partial charge on any atom is -0.512 e. The van der Waals surface area contributed by atoms with Gasteiger partial charge >= 0.3 is 0 Å². The zero-order valence-electron chi connectivity index (χ0n) is 34.1. The van der Waals surface area contributed by atoms with Crippen molar-refractivity contribution < 1.29 is 30.0 Å². The maximum atomic E-state index is 12.2. The van der Waals surface area contributed by atoms with Gasteiger partial charge in [-0.05, 0) is 72.4 Å². The number of aliphatic hydroxyl groups is 1. The zero-order chi connectivity index (χ0) is 38.5. The van der Waals surface area contributed by atoms with Crippen LogP contribution in [0.3, 0.4) is 0 Å². The van der Waals surface area contributed by atoms with Crippen LogP contribution in [-0.4, -0.2) is 20.3 Å². The molecule has 0 saturated carbocycles. The first kappa shape index (κ1) is 41.1. The molecule has 0 spiro atoms. The van der Waals surface area contributed by atoms with E-state index in [2.05, 4.69) is 118 Å². The van der Waals surface area contributed by atoms with Crippen LogP contribution in [0, 0.1) is 36.2 Å². The fourth-order valence-electron chi connectivity index (χ4n) is 7.83. The second-order valence-electron chi connectivity index (χ2n) is 17.0. The summed E-state index contributed by atoms with van der Waals surface area (Å²) in [5, 5.41) is 16.5. The van der Waals surface area contributed by atoms with Crippen LogP contribution in [0.1, 0.15) is 105 Å². The molecule has 285 valence electrons. The number of nitrogens with zero attached hydrogens (tertiary/aromatic N) is 2. The first-order valence-corrected chi connectivity index (χ1v) is 19.5. The predicted octanol–water partition coefficient (Wildman–Crippen LogP) is 13.7. The molecule has 0 bridgehead atoms. The van der Waals surface area contributed by atoms with E-state index in [4.69, 9.17) is 4.98 Å². The Morgan fingerprint density at radius 3 is 1.98 bits per heavy atom. The van der Waals surface area contributed by atoms with Gasteiger partial charge in [-0.2, -0.15) is 0 Å². The number of carbonyl (C=O) groups is 1. The van der Waals surface area contributed by atoms with Crippen molar-refractivity contribution >= 4 is 54.8 Å². The number of ketones is 1. The van der Waals surface area contributed by atoms with Gasteiger partial charge in [-0.25, -0.2) is 0 Å². The van der Waals surface area contributed by atoms with E-state index in [1.54, 1.807) is 0 Å². The molecule has 0 saturated heterocycles. The van der Waals surface area contributed by atoms with Gasteiger partial charge in [0.1, 0.15) is 5.76 Å². The molecule has 3 heterocycles. The van der Waals surface area contributed by atoms with Crippen LogP contribution in [-0.2, 0) is 31.3 Å². The molecule has 7 aromatic rings. The third-order valence-electron chi connectivity index (χ3n) is 12.0. The molecule has 54 heavy (non-hydrogen) atoms. The van der Waals surface area contributed by atoms with Gasteiger partial charge in [-0.3, -0.25) is 9.78 Å². The number of rotatable bonds is 9. The van der Waals surface area contributed by atoms with Crippen LogP contribution in [0.4, 0.5) is 0 Å². The molecule has 0 aliphatic carbocycles. The Labute approximate surface area is 335 Å². The minimum absolute atomic E-state index is 0.